The zero-order chi connectivity index (χ0) is 10.8. The Morgan fingerprint density at radius 2 is 2.20 bits per heavy atom. The average molecular weight is 205 g/mol. The van der Waals surface area contributed by atoms with Gasteiger partial charge in [-0.15, -0.1) is 0 Å². The standard InChI is InChI=1S/C14H23N/c1-10-6-14(9-13(2,3)4)12-5-11(12)8-15(14)7-10/h11-12H,1,5-9H2,2-4H3/t11-,12-,14?/m1/s1. The second-order valence-corrected chi connectivity index (χ2v) is 7.25. The van der Waals surface area contributed by atoms with Gasteiger partial charge in [0.15, 0.2) is 0 Å². The molecule has 0 amide bonds. The van der Waals surface area contributed by atoms with Crippen LogP contribution in [0, 0.1) is 17.3 Å². The number of hydrogen-bond acceptors (Lipinski definition) is 1. The normalized spacial score (nSPS) is 44.3. The Kier molecular flexibility index (Phi) is 1.77. The Bertz CT molecular complexity index is 312. The van der Waals surface area contributed by atoms with Crippen LogP contribution in [0.4, 0.5) is 0 Å². The van der Waals surface area contributed by atoms with E-state index in [1.54, 1.807) is 0 Å². The summed E-state index contributed by atoms with van der Waals surface area (Å²) in [6, 6.07) is 0. The van der Waals surface area contributed by atoms with Crippen LogP contribution in [0.15, 0.2) is 12.2 Å². The second-order valence-electron chi connectivity index (χ2n) is 7.25. The van der Waals surface area contributed by atoms with Crippen molar-refractivity contribution < 1.29 is 0 Å². The molecule has 1 saturated carbocycles. The lowest BCUT2D eigenvalue weighted by Gasteiger charge is -2.39. The van der Waals surface area contributed by atoms with E-state index < -0.39 is 0 Å². The van der Waals surface area contributed by atoms with E-state index in [0.717, 1.165) is 11.8 Å². The molecule has 1 nitrogen and oxygen atoms in total. The Morgan fingerprint density at radius 1 is 1.47 bits per heavy atom. The highest BCUT2D eigenvalue weighted by atomic mass is 15.3. The van der Waals surface area contributed by atoms with Crippen molar-refractivity contribution in [3.8, 4) is 0 Å². The van der Waals surface area contributed by atoms with Crippen LogP contribution in [-0.4, -0.2) is 23.5 Å². The van der Waals surface area contributed by atoms with E-state index in [-0.39, 0.29) is 0 Å². The van der Waals surface area contributed by atoms with Gasteiger partial charge in [-0.2, -0.15) is 0 Å². The van der Waals surface area contributed by atoms with Crippen LogP contribution in [0.5, 0.6) is 0 Å². The zero-order valence-corrected chi connectivity index (χ0v) is 10.3. The van der Waals surface area contributed by atoms with Crippen molar-refractivity contribution in [2.45, 2.75) is 45.6 Å². The van der Waals surface area contributed by atoms with E-state index in [0.29, 0.717) is 11.0 Å². The van der Waals surface area contributed by atoms with Crippen molar-refractivity contribution in [3.05, 3.63) is 12.2 Å². The average Bonchev–Trinajstić information content (AvgIpc) is 2.64. The smallest absolute Gasteiger partial charge is 0.0286 e. The second kappa shape index (κ2) is 2.68. The molecule has 3 rings (SSSR count). The quantitative estimate of drug-likeness (QED) is 0.595. The molecule has 2 saturated heterocycles. The first-order valence-electron chi connectivity index (χ1n) is 6.32. The predicted molar refractivity (Wildman–Crippen MR) is 63.7 cm³/mol. The van der Waals surface area contributed by atoms with Gasteiger partial charge in [0.25, 0.3) is 0 Å². The molecule has 15 heavy (non-hydrogen) atoms. The number of rotatable bonds is 1. The Morgan fingerprint density at radius 3 is 2.87 bits per heavy atom. The van der Waals surface area contributed by atoms with E-state index in [1.807, 2.05) is 0 Å². The molecule has 2 heterocycles. The van der Waals surface area contributed by atoms with Crippen molar-refractivity contribution in [1.29, 1.82) is 0 Å². The van der Waals surface area contributed by atoms with Crippen molar-refractivity contribution in [3.63, 3.8) is 0 Å². The Hall–Kier alpha value is -0.300. The molecule has 3 atom stereocenters. The van der Waals surface area contributed by atoms with Crippen LogP contribution >= 0.6 is 0 Å². The van der Waals surface area contributed by atoms with Gasteiger partial charge in [0.05, 0.1) is 0 Å². The molecule has 0 aromatic heterocycles. The molecule has 1 heteroatoms. The molecule has 0 bridgehead atoms. The summed E-state index contributed by atoms with van der Waals surface area (Å²) in [4.78, 5) is 2.75. The number of hydrogen-bond donors (Lipinski definition) is 0. The fraction of sp³-hybridized carbons (Fsp3) is 0.857. The summed E-state index contributed by atoms with van der Waals surface area (Å²) in [6.07, 6.45) is 4.14. The van der Waals surface area contributed by atoms with Crippen LogP contribution in [-0.2, 0) is 0 Å². The first kappa shape index (κ1) is 9.89. The molecule has 84 valence electrons. The van der Waals surface area contributed by atoms with Gasteiger partial charge in [0.2, 0.25) is 0 Å². The molecule has 2 aliphatic heterocycles. The molecule has 3 aliphatic rings. The Balaban J connectivity index is 1.89. The van der Waals surface area contributed by atoms with E-state index in [4.69, 9.17) is 0 Å². The van der Waals surface area contributed by atoms with Gasteiger partial charge in [-0.1, -0.05) is 32.9 Å². The summed E-state index contributed by atoms with van der Waals surface area (Å²) in [5.41, 5.74) is 2.46. The highest BCUT2D eigenvalue weighted by Gasteiger charge is 2.64. The third-order valence-electron chi connectivity index (χ3n) is 4.50. The van der Waals surface area contributed by atoms with Gasteiger partial charge in [-0.25, -0.2) is 0 Å². The van der Waals surface area contributed by atoms with Gasteiger partial charge < -0.3 is 0 Å². The minimum absolute atomic E-state index is 0.459. The maximum absolute atomic E-state index is 4.22. The molecule has 0 spiro atoms. The van der Waals surface area contributed by atoms with Crippen molar-refractivity contribution >= 4 is 0 Å². The minimum atomic E-state index is 0.459. The third-order valence-corrected chi connectivity index (χ3v) is 4.50. The fourth-order valence-electron chi connectivity index (χ4n) is 4.25. The van der Waals surface area contributed by atoms with E-state index in [1.165, 1.54) is 37.9 Å². The van der Waals surface area contributed by atoms with Gasteiger partial charge in [-0.05, 0) is 36.5 Å². The van der Waals surface area contributed by atoms with Crippen LogP contribution in [0.1, 0.15) is 40.0 Å². The zero-order valence-electron chi connectivity index (χ0n) is 10.3. The number of fused-ring (bicyclic) bond motifs is 3. The highest BCUT2D eigenvalue weighted by Crippen LogP contribution is 2.63. The molecule has 1 aliphatic carbocycles. The molecule has 0 radical (unpaired) electrons. The van der Waals surface area contributed by atoms with Gasteiger partial charge in [0, 0.05) is 18.6 Å². The summed E-state index contributed by atoms with van der Waals surface area (Å²) < 4.78 is 0. The summed E-state index contributed by atoms with van der Waals surface area (Å²) in [6.45, 7) is 13.9. The van der Waals surface area contributed by atoms with Crippen LogP contribution in [0.3, 0.4) is 0 Å². The minimum Gasteiger partial charge on any atom is -0.293 e. The van der Waals surface area contributed by atoms with Gasteiger partial charge >= 0.3 is 0 Å². The molecule has 1 unspecified atom stereocenters. The summed E-state index contributed by atoms with van der Waals surface area (Å²) in [5.74, 6) is 2.05. The monoisotopic (exact) mass is 205 g/mol. The van der Waals surface area contributed by atoms with E-state index >= 15 is 0 Å². The first-order chi connectivity index (χ1) is 6.91. The maximum Gasteiger partial charge on any atom is 0.0286 e. The first-order valence-corrected chi connectivity index (χ1v) is 6.32. The van der Waals surface area contributed by atoms with Crippen molar-refractivity contribution in [2.24, 2.45) is 17.3 Å². The lowest BCUT2D eigenvalue weighted by atomic mass is 9.75. The maximum atomic E-state index is 4.22. The predicted octanol–water partition coefficient (Wildman–Crippen LogP) is 3.07. The van der Waals surface area contributed by atoms with Gasteiger partial charge in [-0.3, -0.25) is 4.90 Å². The van der Waals surface area contributed by atoms with Crippen molar-refractivity contribution in [2.75, 3.05) is 13.1 Å². The van der Waals surface area contributed by atoms with Gasteiger partial charge in [0.1, 0.15) is 0 Å². The summed E-state index contributed by atoms with van der Waals surface area (Å²) in [5, 5.41) is 0. The largest absolute Gasteiger partial charge is 0.293 e. The molecular formula is C14H23N. The Labute approximate surface area is 93.5 Å². The molecular weight excluding hydrogens is 182 g/mol. The number of nitrogens with zero attached hydrogens (tertiary/aromatic N) is 1. The highest BCUT2D eigenvalue weighted by molar-refractivity contribution is 5.26. The fourth-order valence-corrected chi connectivity index (χ4v) is 4.25. The molecule has 0 N–H and O–H groups in total. The van der Waals surface area contributed by atoms with Crippen LogP contribution in [0.2, 0.25) is 0 Å². The number of piperidine rings is 1. The van der Waals surface area contributed by atoms with Crippen molar-refractivity contribution in [1.82, 2.24) is 4.90 Å². The lowest BCUT2D eigenvalue weighted by Crippen LogP contribution is -2.44. The third kappa shape index (κ3) is 1.39. The molecule has 0 aromatic rings. The summed E-state index contributed by atoms with van der Waals surface area (Å²) >= 11 is 0. The van der Waals surface area contributed by atoms with Crippen LogP contribution < -0.4 is 0 Å². The summed E-state index contributed by atoms with van der Waals surface area (Å²) in [7, 11) is 0. The lowest BCUT2D eigenvalue weighted by molar-refractivity contribution is 0.101. The topological polar surface area (TPSA) is 3.24 Å². The van der Waals surface area contributed by atoms with E-state index in [2.05, 4.69) is 32.3 Å². The van der Waals surface area contributed by atoms with Crippen LogP contribution in [0.25, 0.3) is 0 Å². The molecule has 0 aromatic carbocycles. The SMILES string of the molecule is C=C1CN2C[C@H]3C[C@H]3C2(CC(C)(C)C)C1. The molecule has 3 fully saturated rings. The van der Waals surface area contributed by atoms with E-state index in [9.17, 15) is 0 Å².